The molecule has 154 valence electrons. The Morgan fingerprint density at radius 2 is 1.83 bits per heavy atom. The van der Waals surface area contributed by atoms with E-state index in [-0.39, 0.29) is 23.9 Å². The highest BCUT2D eigenvalue weighted by atomic mass is 32.1. The Kier molecular flexibility index (Phi) is 9.65. The van der Waals surface area contributed by atoms with Gasteiger partial charge in [0, 0.05) is 18.2 Å². The van der Waals surface area contributed by atoms with Crippen LogP contribution in [-0.2, 0) is 20.7 Å². The molecule has 2 rings (SSSR count). The Balaban J connectivity index is 1.71. The second-order valence-corrected chi connectivity index (χ2v) is 6.68. The van der Waals surface area contributed by atoms with Crippen molar-refractivity contribution < 1.29 is 19.1 Å². The largest absolute Gasteiger partial charge is 0.494 e. The second-order valence-electron chi connectivity index (χ2n) is 6.27. The van der Waals surface area contributed by atoms with E-state index in [0.717, 1.165) is 18.6 Å². The van der Waals surface area contributed by atoms with Crippen molar-refractivity contribution in [3.8, 4) is 5.75 Å². The predicted molar refractivity (Wildman–Crippen MR) is 117 cm³/mol. The lowest BCUT2D eigenvalue weighted by atomic mass is 10.1. The molecule has 0 aliphatic carbocycles. The summed E-state index contributed by atoms with van der Waals surface area (Å²) in [5.41, 5.74) is 2.00. The quantitative estimate of drug-likeness (QED) is 0.349. The minimum absolute atomic E-state index is 0.0191. The van der Waals surface area contributed by atoms with Gasteiger partial charge in [0.15, 0.2) is 5.11 Å². The molecular formula is C22H26N2O4S. The van der Waals surface area contributed by atoms with Crippen LogP contribution >= 0.6 is 12.2 Å². The first-order valence-electron chi connectivity index (χ1n) is 9.60. The highest BCUT2D eigenvalue weighted by molar-refractivity contribution is 7.80. The molecule has 0 saturated heterocycles. The molecule has 0 spiro atoms. The number of aryl methyl sites for hydroxylation is 1. The van der Waals surface area contributed by atoms with E-state index >= 15 is 0 Å². The van der Waals surface area contributed by atoms with Crippen LogP contribution < -0.4 is 15.4 Å². The van der Waals surface area contributed by atoms with Crippen LogP contribution in [0.4, 0.5) is 5.69 Å². The molecule has 0 heterocycles. The van der Waals surface area contributed by atoms with E-state index in [4.69, 9.17) is 21.7 Å². The van der Waals surface area contributed by atoms with E-state index in [1.54, 1.807) is 6.92 Å². The number of thiocarbonyl (C=S) groups is 1. The Morgan fingerprint density at radius 1 is 1.03 bits per heavy atom. The van der Waals surface area contributed by atoms with Gasteiger partial charge in [0.25, 0.3) is 0 Å². The van der Waals surface area contributed by atoms with Gasteiger partial charge < -0.3 is 20.1 Å². The number of rotatable bonds is 10. The molecule has 0 fully saturated rings. The lowest BCUT2D eigenvalue weighted by Gasteiger charge is -2.11. The van der Waals surface area contributed by atoms with Gasteiger partial charge in [-0.15, -0.1) is 0 Å². The smallest absolute Gasteiger partial charge is 0.306 e. The number of anilines is 1. The average molecular weight is 415 g/mol. The lowest BCUT2D eigenvalue weighted by molar-refractivity contribution is -0.144. The number of carbonyl (C=O) groups excluding carboxylic acids is 2. The van der Waals surface area contributed by atoms with Crippen molar-refractivity contribution in [2.24, 2.45) is 0 Å². The Morgan fingerprint density at radius 3 is 2.59 bits per heavy atom. The van der Waals surface area contributed by atoms with Crippen molar-refractivity contribution in [3.05, 3.63) is 60.2 Å². The van der Waals surface area contributed by atoms with E-state index in [1.807, 2.05) is 42.5 Å². The first kappa shape index (κ1) is 22.4. The Hall–Kier alpha value is -2.93. The first-order valence-corrected chi connectivity index (χ1v) is 10.0. The van der Waals surface area contributed by atoms with E-state index in [0.29, 0.717) is 18.9 Å². The molecule has 29 heavy (non-hydrogen) atoms. The van der Waals surface area contributed by atoms with Crippen LogP contribution in [0.3, 0.4) is 0 Å². The molecule has 0 atom stereocenters. The van der Waals surface area contributed by atoms with Crippen LogP contribution in [0.5, 0.6) is 5.75 Å². The van der Waals surface area contributed by atoms with Gasteiger partial charge in [0.05, 0.1) is 19.6 Å². The van der Waals surface area contributed by atoms with Gasteiger partial charge in [-0.1, -0.05) is 36.4 Å². The fourth-order valence-corrected chi connectivity index (χ4v) is 2.81. The fourth-order valence-electron chi connectivity index (χ4n) is 2.57. The fraction of sp³-hybridized carbons (Fsp3) is 0.318. The topological polar surface area (TPSA) is 76.7 Å². The van der Waals surface area contributed by atoms with Crippen molar-refractivity contribution in [2.45, 2.75) is 32.6 Å². The Bertz CT molecular complexity index is 811. The zero-order valence-corrected chi connectivity index (χ0v) is 17.3. The molecule has 0 unspecified atom stereocenters. The summed E-state index contributed by atoms with van der Waals surface area (Å²) in [4.78, 5) is 23.1. The average Bonchev–Trinajstić information content (AvgIpc) is 2.71. The summed E-state index contributed by atoms with van der Waals surface area (Å²) in [7, 11) is 0. The summed E-state index contributed by atoms with van der Waals surface area (Å²) < 4.78 is 10.6. The summed E-state index contributed by atoms with van der Waals surface area (Å²) in [5.74, 6) is -0.0259. The predicted octanol–water partition coefficient (Wildman–Crippen LogP) is 3.85. The number of benzene rings is 2. The number of carbonyl (C=O) groups is 2. The molecule has 0 aliphatic rings. The van der Waals surface area contributed by atoms with Gasteiger partial charge >= 0.3 is 5.97 Å². The van der Waals surface area contributed by atoms with E-state index in [2.05, 4.69) is 22.8 Å². The zero-order valence-electron chi connectivity index (χ0n) is 16.5. The number of hydrogen-bond acceptors (Lipinski definition) is 5. The number of nitrogens with one attached hydrogen (secondary N) is 2. The number of hydrogen-bond donors (Lipinski definition) is 2. The highest BCUT2D eigenvalue weighted by Crippen LogP contribution is 2.17. The summed E-state index contributed by atoms with van der Waals surface area (Å²) in [6, 6.07) is 17.6. The van der Waals surface area contributed by atoms with Gasteiger partial charge in [-0.25, -0.2) is 0 Å². The van der Waals surface area contributed by atoms with E-state index in [1.165, 1.54) is 5.56 Å². The summed E-state index contributed by atoms with van der Waals surface area (Å²) >= 11 is 5.15. The maximum absolute atomic E-state index is 11.8. The highest BCUT2D eigenvalue weighted by Gasteiger charge is 2.09. The molecule has 7 heteroatoms. The van der Waals surface area contributed by atoms with E-state index in [9.17, 15) is 9.59 Å². The van der Waals surface area contributed by atoms with Gasteiger partial charge in [-0.05, 0) is 49.7 Å². The summed E-state index contributed by atoms with van der Waals surface area (Å²) in [6.07, 6.45) is 1.91. The second kappa shape index (κ2) is 12.5. The molecular weight excluding hydrogens is 388 g/mol. The number of amides is 1. The van der Waals surface area contributed by atoms with Gasteiger partial charge in [0.2, 0.25) is 5.91 Å². The molecule has 6 nitrogen and oxygen atoms in total. The third kappa shape index (κ3) is 9.21. The monoisotopic (exact) mass is 414 g/mol. The molecule has 0 radical (unpaired) electrons. The van der Waals surface area contributed by atoms with Crippen molar-refractivity contribution >= 4 is 34.9 Å². The third-order valence-corrected chi connectivity index (χ3v) is 4.13. The van der Waals surface area contributed by atoms with E-state index < -0.39 is 5.97 Å². The number of esters is 1. The lowest BCUT2D eigenvalue weighted by Crippen LogP contribution is -2.34. The third-order valence-electron chi connectivity index (χ3n) is 3.93. The van der Waals surface area contributed by atoms with Crippen LogP contribution in [-0.4, -0.2) is 30.2 Å². The van der Waals surface area contributed by atoms with Gasteiger partial charge in [0.1, 0.15) is 5.75 Å². The molecule has 0 bridgehead atoms. The summed E-state index contributed by atoms with van der Waals surface area (Å²) in [6.45, 7) is 2.62. The zero-order chi connectivity index (χ0) is 20.9. The minimum Gasteiger partial charge on any atom is -0.494 e. The first-order chi connectivity index (χ1) is 14.1. The molecule has 2 aromatic rings. The summed E-state index contributed by atoms with van der Waals surface area (Å²) in [5, 5.41) is 5.66. The number of ether oxygens (including phenoxy) is 2. The Labute approximate surface area is 176 Å². The normalized spacial score (nSPS) is 10.1. The van der Waals surface area contributed by atoms with Crippen LogP contribution in [0.15, 0.2) is 54.6 Å². The maximum atomic E-state index is 11.8. The molecule has 1 amide bonds. The van der Waals surface area contributed by atoms with Crippen molar-refractivity contribution in [1.82, 2.24) is 5.32 Å². The molecule has 0 saturated carbocycles. The van der Waals surface area contributed by atoms with Crippen LogP contribution in [0.2, 0.25) is 0 Å². The SMILES string of the molecule is CCOC(=O)CCC(=O)NC(=S)Nc1cccc(OCCCc2ccccc2)c1. The molecule has 0 aliphatic heterocycles. The minimum atomic E-state index is -0.404. The molecule has 2 aromatic carbocycles. The van der Waals surface area contributed by atoms with Crippen LogP contribution in [0.25, 0.3) is 0 Å². The standard InChI is InChI=1S/C22H26N2O4S/c1-2-27-21(26)14-13-20(25)24-22(29)23-18-11-6-12-19(16-18)28-15-7-10-17-8-4-3-5-9-17/h3-6,8-9,11-12,16H,2,7,10,13-15H2,1H3,(H2,23,24,25,29). The molecule has 0 aromatic heterocycles. The molecule has 2 N–H and O–H groups in total. The van der Waals surface area contributed by atoms with Crippen molar-refractivity contribution in [3.63, 3.8) is 0 Å². The maximum Gasteiger partial charge on any atom is 0.306 e. The van der Waals surface area contributed by atoms with Crippen molar-refractivity contribution in [1.29, 1.82) is 0 Å². The van der Waals surface area contributed by atoms with Crippen LogP contribution in [0, 0.1) is 0 Å². The van der Waals surface area contributed by atoms with Crippen molar-refractivity contribution in [2.75, 3.05) is 18.5 Å². The van der Waals surface area contributed by atoms with Gasteiger partial charge in [-0.2, -0.15) is 0 Å². The van der Waals surface area contributed by atoms with Crippen LogP contribution in [0.1, 0.15) is 31.7 Å². The van der Waals surface area contributed by atoms with Gasteiger partial charge in [-0.3, -0.25) is 9.59 Å².